The molecule has 0 radical (unpaired) electrons. The summed E-state index contributed by atoms with van der Waals surface area (Å²) in [6.07, 6.45) is 4.79. The lowest BCUT2D eigenvalue weighted by Gasteiger charge is -2.28. The Bertz CT molecular complexity index is 687. The van der Waals surface area contributed by atoms with Gasteiger partial charge in [-0.15, -0.1) is 0 Å². The van der Waals surface area contributed by atoms with Crippen LogP contribution in [-0.4, -0.2) is 37.9 Å². The van der Waals surface area contributed by atoms with Crippen LogP contribution in [0.5, 0.6) is 0 Å². The minimum absolute atomic E-state index is 0.193. The van der Waals surface area contributed by atoms with Gasteiger partial charge < -0.3 is 14.9 Å². The summed E-state index contributed by atoms with van der Waals surface area (Å²) in [5, 5.41) is 9.47. The molecule has 29 heavy (non-hydrogen) atoms. The molecule has 1 atom stereocenters. The zero-order valence-electron chi connectivity index (χ0n) is 18.3. The molecule has 1 unspecified atom stereocenters. The van der Waals surface area contributed by atoms with Gasteiger partial charge in [0.1, 0.15) is 0 Å². The van der Waals surface area contributed by atoms with E-state index in [9.17, 15) is 5.11 Å². The number of hydrogen-bond donors (Lipinski definition) is 1. The summed E-state index contributed by atoms with van der Waals surface area (Å²) in [5.41, 5.74) is 3.87. The van der Waals surface area contributed by atoms with Gasteiger partial charge in [-0.2, -0.15) is 0 Å². The first-order chi connectivity index (χ1) is 14.0. The molecule has 0 spiro atoms. The highest BCUT2D eigenvalue weighted by Crippen LogP contribution is 2.21. The second-order valence-electron chi connectivity index (χ2n) is 8.05. The first-order valence-electron chi connectivity index (χ1n) is 11.0. The number of aliphatic hydroxyl groups is 1. The molecule has 4 heteroatoms. The summed E-state index contributed by atoms with van der Waals surface area (Å²) in [5.74, 6) is 0.648. The molecule has 0 fully saturated rings. The number of rotatable bonds is 13. The van der Waals surface area contributed by atoms with Gasteiger partial charge in [0, 0.05) is 41.1 Å². The molecule has 0 saturated carbocycles. The van der Waals surface area contributed by atoms with Crippen LogP contribution in [0.1, 0.15) is 45.1 Å². The van der Waals surface area contributed by atoms with E-state index in [0.717, 1.165) is 26.1 Å². The second kappa shape index (κ2) is 13.1. The van der Waals surface area contributed by atoms with Crippen molar-refractivity contribution in [3.05, 3.63) is 57.7 Å². The average Bonchev–Trinajstić information content (AvgIpc) is 2.73. The third-order valence-corrected chi connectivity index (χ3v) is 6.25. The van der Waals surface area contributed by atoms with Gasteiger partial charge in [-0.05, 0) is 91.1 Å². The number of nitrogens with zero attached hydrogens (tertiary/aromatic N) is 2. The third-order valence-electron chi connectivity index (χ3n) is 5.53. The quantitative estimate of drug-likeness (QED) is 0.330. The van der Waals surface area contributed by atoms with Crippen molar-refractivity contribution in [3.63, 3.8) is 0 Å². The van der Waals surface area contributed by atoms with E-state index in [1.807, 2.05) is 0 Å². The van der Waals surface area contributed by atoms with E-state index in [1.165, 1.54) is 39.8 Å². The lowest BCUT2D eigenvalue weighted by atomic mass is 10.0. The van der Waals surface area contributed by atoms with E-state index >= 15 is 0 Å². The molecule has 0 amide bonds. The fourth-order valence-corrected chi connectivity index (χ4v) is 3.87. The van der Waals surface area contributed by atoms with Crippen LogP contribution in [0.3, 0.4) is 0 Å². The van der Waals surface area contributed by atoms with Crippen molar-refractivity contribution in [2.45, 2.75) is 46.5 Å². The third kappa shape index (κ3) is 8.55. The summed E-state index contributed by atoms with van der Waals surface area (Å²) in [6.45, 7) is 10.9. The lowest BCUT2D eigenvalue weighted by molar-refractivity contribution is 0.300. The summed E-state index contributed by atoms with van der Waals surface area (Å²) in [6, 6.07) is 17.5. The van der Waals surface area contributed by atoms with Gasteiger partial charge in [0.15, 0.2) is 0 Å². The van der Waals surface area contributed by atoms with Gasteiger partial charge in [0.2, 0.25) is 0 Å². The van der Waals surface area contributed by atoms with Crippen molar-refractivity contribution in [2.24, 2.45) is 5.92 Å². The first kappa shape index (κ1) is 24.0. The molecule has 0 aliphatic heterocycles. The van der Waals surface area contributed by atoms with Crippen molar-refractivity contribution in [3.8, 4) is 0 Å². The van der Waals surface area contributed by atoms with Crippen molar-refractivity contribution >= 4 is 34.0 Å². The van der Waals surface area contributed by atoms with Crippen LogP contribution in [0.2, 0.25) is 0 Å². The Labute approximate surface area is 191 Å². The van der Waals surface area contributed by atoms with Gasteiger partial charge >= 0.3 is 0 Å². The Morgan fingerprint density at radius 2 is 1.34 bits per heavy atom. The number of aryl methyl sites for hydroxylation is 1. The van der Waals surface area contributed by atoms with Gasteiger partial charge in [-0.25, -0.2) is 0 Å². The summed E-state index contributed by atoms with van der Waals surface area (Å²) >= 11 is 2.33. The maximum atomic E-state index is 9.47. The molecule has 0 aromatic heterocycles. The van der Waals surface area contributed by atoms with E-state index in [-0.39, 0.29) is 6.61 Å². The lowest BCUT2D eigenvalue weighted by Crippen LogP contribution is -2.30. The van der Waals surface area contributed by atoms with Crippen LogP contribution in [0.25, 0.3) is 0 Å². The Kier molecular flexibility index (Phi) is 10.9. The smallest absolute Gasteiger partial charge is 0.0606 e. The summed E-state index contributed by atoms with van der Waals surface area (Å²) < 4.78 is 1.24. The Hall–Kier alpha value is -1.27. The minimum atomic E-state index is 0.193. The van der Waals surface area contributed by atoms with Crippen LogP contribution in [0, 0.1) is 16.4 Å². The molecule has 0 bridgehead atoms. The van der Waals surface area contributed by atoms with Gasteiger partial charge in [0.05, 0.1) is 6.61 Å². The highest BCUT2D eigenvalue weighted by Gasteiger charge is 2.12. The van der Waals surface area contributed by atoms with Crippen molar-refractivity contribution in [1.82, 2.24) is 0 Å². The van der Waals surface area contributed by atoms with E-state index in [2.05, 4.69) is 102 Å². The standard InChI is InChI=1S/C25H37IN2O/c1-4-5-16-27(24-10-6-21(2)7-11-24)17-14-22(3)15-18-28(19-20-29)25-12-8-23(26)9-13-25/h6-13,22,29H,4-5,14-20H2,1-3H3. The molecule has 2 aromatic rings. The molecule has 2 aromatic carbocycles. The fraction of sp³-hybridized carbons (Fsp3) is 0.520. The molecule has 3 nitrogen and oxygen atoms in total. The van der Waals surface area contributed by atoms with Crippen molar-refractivity contribution < 1.29 is 5.11 Å². The number of anilines is 2. The van der Waals surface area contributed by atoms with Crippen molar-refractivity contribution in [1.29, 1.82) is 0 Å². The average molecular weight is 508 g/mol. The maximum Gasteiger partial charge on any atom is 0.0606 e. The molecule has 1 N–H and O–H groups in total. The molecular formula is C25H37IN2O. The molecule has 0 aliphatic rings. The van der Waals surface area contributed by atoms with E-state index in [0.29, 0.717) is 12.5 Å². The zero-order chi connectivity index (χ0) is 21.1. The SMILES string of the molecule is CCCCN(CCC(C)CCN(CCO)c1ccc(I)cc1)c1ccc(C)cc1. The molecule has 0 heterocycles. The normalized spacial score (nSPS) is 12.0. The highest BCUT2D eigenvalue weighted by molar-refractivity contribution is 14.1. The molecule has 0 aliphatic carbocycles. The van der Waals surface area contributed by atoms with Gasteiger partial charge in [-0.3, -0.25) is 0 Å². The maximum absolute atomic E-state index is 9.47. The highest BCUT2D eigenvalue weighted by atomic mass is 127. The number of unbranched alkanes of at least 4 members (excludes halogenated alkanes) is 1. The van der Waals surface area contributed by atoms with Crippen LogP contribution in [0.4, 0.5) is 11.4 Å². The van der Waals surface area contributed by atoms with Crippen LogP contribution >= 0.6 is 22.6 Å². The predicted octanol–water partition coefficient (Wildman–Crippen LogP) is 6.12. The van der Waals surface area contributed by atoms with E-state index < -0.39 is 0 Å². The first-order valence-corrected chi connectivity index (χ1v) is 12.0. The molecule has 2 rings (SSSR count). The largest absolute Gasteiger partial charge is 0.395 e. The van der Waals surface area contributed by atoms with Gasteiger partial charge in [0.25, 0.3) is 0 Å². The Balaban J connectivity index is 1.88. The Morgan fingerprint density at radius 1 is 0.828 bits per heavy atom. The minimum Gasteiger partial charge on any atom is -0.395 e. The van der Waals surface area contributed by atoms with Crippen LogP contribution in [0.15, 0.2) is 48.5 Å². The summed E-state index contributed by atoms with van der Waals surface area (Å²) in [4.78, 5) is 4.85. The monoisotopic (exact) mass is 508 g/mol. The molecule has 0 saturated heterocycles. The van der Waals surface area contributed by atoms with Crippen molar-refractivity contribution in [2.75, 3.05) is 42.6 Å². The Morgan fingerprint density at radius 3 is 1.86 bits per heavy atom. The van der Waals surface area contributed by atoms with E-state index in [4.69, 9.17) is 0 Å². The number of benzene rings is 2. The second-order valence-corrected chi connectivity index (χ2v) is 9.29. The van der Waals surface area contributed by atoms with Crippen LogP contribution < -0.4 is 9.80 Å². The molecule has 160 valence electrons. The van der Waals surface area contributed by atoms with Gasteiger partial charge in [-0.1, -0.05) is 38.0 Å². The zero-order valence-corrected chi connectivity index (χ0v) is 20.4. The van der Waals surface area contributed by atoms with E-state index in [1.54, 1.807) is 0 Å². The predicted molar refractivity (Wildman–Crippen MR) is 135 cm³/mol. The fourth-order valence-electron chi connectivity index (χ4n) is 3.51. The topological polar surface area (TPSA) is 26.7 Å². The number of hydrogen-bond acceptors (Lipinski definition) is 3. The number of aliphatic hydroxyl groups excluding tert-OH is 1. The van der Waals surface area contributed by atoms with Crippen LogP contribution in [-0.2, 0) is 0 Å². The number of halogens is 1. The summed E-state index contributed by atoms with van der Waals surface area (Å²) in [7, 11) is 0. The molecular weight excluding hydrogens is 471 g/mol.